The van der Waals surface area contributed by atoms with Crippen LogP contribution in [0.3, 0.4) is 0 Å². The molecule has 2 aliphatic heterocycles. The monoisotopic (exact) mass is 453 g/mol. The van der Waals surface area contributed by atoms with Gasteiger partial charge in [-0.1, -0.05) is 60.3 Å². The molecule has 168 valence electrons. The number of ketones is 1. The summed E-state index contributed by atoms with van der Waals surface area (Å²) >= 11 is 1.38. The van der Waals surface area contributed by atoms with Crippen molar-refractivity contribution in [1.29, 1.82) is 0 Å². The van der Waals surface area contributed by atoms with Crippen molar-refractivity contribution in [3.8, 4) is 0 Å². The second-order valence-electron chi connectivity index (χ2n) is 7.82. The number of carbonyl (C=O) groups is 3. The molecule has 2 fully saturated rings. The number of carbonyl (C=O) groups excluding carboxylic acids is 3. The number of benzene rings is 2. The number of likely N-dealkylation sites (tertiary alicyclic amines) is 1. The van der Waals surface area contributed by atoms with E-state index in [4.69, 9.17) is 4.74 Å². The van der Waals surface area contributed by atoms with Gasteiger partial charge in [0.15, 0.2) is 5.78 Å². The van der Waals surface area contributed by atoms with Gasteiger partial charge < -0.3 is 19.9 Å². The molecule has 2 aliphatic rings. The first-order chi connectivity index (χ1) is 15.6. The number of ether oxygens (including phenoxy) is 1. The van der Waals surface area contributed by atoms with Crippen LogP contribution in [0, 0.1) is 0 Å². The maximum absolute atomic E-state index is 13.6. The average Bonchev–Trinajstić information content (AvgIpc) is 3.20. The van der Waals surface area contributed by atoms with Crippen LogP contribution in [0.5, 0.6) is 0 Å². The van der Waals surface area contributed by atoms with Crippen LogP contribution in [-0.4, -0.2) is 71.8 Å². The van der Waals surface area contributed by atoms with E-state index in [1.165, 1.54) is 11.8 Å². The minimum Gasteiger partial charge on any atom is -0.378 e. The molecule has 8 heteroatoms. The lowest BCUT2D eigenvalue weighted by molar-refractivity contribution is -0.134. The van der Waals surface area contributed by atoms with Gasteiger partial charge in [-0.3, -0.25) is 9.59 Å². The van der Waals surface area contributed by atoms with Crippen LogP contribution < -0.4 is 5.32 Å². The topological polar surface area (TPSA) is 79.0 Å². The number of nitrogens with zero attached hydrogens (tertiary/aromatic N) is 2. The summed E-state index contributed by atoms with van der Waals surface area (Å²) in [4.78, 5) is 43.3. The zero-order valence-corrected chi connectivity index (χ0v) is 18.6. The fourth-order valence-electron chi connectivity index (χ4n) is 3.89. The summed E-state index contributed by atoms with van der Waals surface area (Å²) in [6.45, 7) is 2.32. The first-order valence-corrected chi connectivity index (χ1v) is 11.7. The molecule has 0 aromatic heterocycles. The quantitative estimate of drug-likeness (QED) is 0.727. The smallest absolute Gasteiger partial charge is 0.318 e. The van der Waals surface area contributed by atoms with Crippen LogP contribution in [0.2, 0.25) is 0 Å². The molecule has 2 aromatic carbocycles. The number of Topliss-reactive ketones (excluding diaryl/α,β-unsaturated/α-hetero) is 1. The van der Waals surface area contributed by atoms with Crippen LogP contribution in [0.25, 0.3) is 0 Å². The van der Waals surface area contributed by atoms with Gasteiger partial charge in [-0.05, 0) is 17.7 Å². The van der Waals surface area contributed by atoms with E-state index < -0.39 is 11.4 Å². The summed E-state index contributed by atoms with van der Waals surface area (Å²) in [5.74, 6) is -0.195. The molecule has 2 atom stereocenters. The lowest BCUT2D eigenvalue weighted by Gasteiger charge is -2.31. The molecule has 0 aliphatic carbocycles. The molecule has 32 heavy (non-hydrogen) atoms. The van der Waals surface area contributed by atoms with Crippen molar-refractivity contribution in [2.45, 2.75) is 29.2 Å². The molecule has 3 amide bonds. The van der Waals surface area contributed by atoms with Crippen LogP contribution in [0.1, 0.15) is 12.0 Å². The van der Waals surface area contributed by atoms with Crippen LogP contribution in [0.4, 0.5) is 4.79 Å². The lowest BCUT2D eigenvalue weighted by atomic mass is 10.0. The fourth-order valence-corrected chi connectivity index (χ4v) is 5.04. The molecule has 4 rings (SSSR count). The molecule has 1 unspecified atom stereocenters. The van der Waals surface area contributed by atoms with Crippen molar-refractivity contribution >= 4 is 29.5 Å². The van der Waals surface area contributed by atoms with Gasteiger partial charge in [-0.15, -0.1) is 0 Å². The highest BCUT2D eigenvalue weighted by Gasteiger charge is 2.40. The molecule has 7 nitrogen and oxygen atoms in total. The first-order valence-electron chi connectivity index (χ1n) is 10.8. The molecular formula is C24H27N3O4S. The Morgan fingerprint density at radius 2 is 1.66 bits per heavy atom. The Kier molecular flexibility index (Phi) is 7.44. The molecule has 0 spiro atoms. The molecule has 0 bridgehead atoms. The van der Waals surface area contributed by atoms with Crippen molar-refractivity contribution in [2.75, 3.05) is 32.8 Å². The third kappa shape index (κ3) is 5.49. The molecule has 2 heterocycles. The normalized spacial score (nSPS) is 19.6. The van der Waals surface area contributed by atoms with E-state index in [-0.39, 0.29) is 17.7 Å². The number of hydrogen-bond acceptors (Lipinski definition) is 5. The largest absolute Gasteiger partial charge is 0.378 e. The van der Waals surface area contributed by atoms with Gasteiger partial charge in [0, 0.05) is 37.4 Å². The second kappa shape index (κ2) is 10.7. The Balaban J connectivity index is 1.52. The molecule has 0 radical (unpaired) electrons. The Hall–Kier alpha value is -2.84. The predicted octanol–water partition coefficient (Wildman–Crippen LogP) is 2.56. The Bertz CT molecular complexity index is 935. The Morgan fingerprint density at radius 3 is 2.34 bits per heavy atom. The van der Waals surface area contributed by atoms with Crippen molar-refractivity contribution < 1.29 is 19.1 Å². The zero-order chi connectivity index (χ0) is 22.3. The molecule has 0 saturated carbocycles. The SMILES string of the molecule is O=C1CCN(C(=O)[C@H](Cc2ccccc2)NC(=O)N2CCOCC2)C1Sc1ccccc1. The molecular weight excluding hydrogens is 426 g/mol. The molecule has 2 saturated heterocycles. The summed E-state index contributed by atoms with van der Waals surface area (Å²) in [5.41, 5.74) is 0.950. The Labute approximate surface area is 192 Å². The van der Waals surface area contributed by atoms with Crippen LogP contribution in [0.15, 0.2) is 65.6 Å². The number of morpholine rings is 1. The van der Waals surface area contributed by atoms with Gasteiger partial charge in [0.2, 0.25) is 5.91 Å². The van der Waals surface area contributed by atoms with E-state index in [9.17, 15) is 14.4 Å². The third-order valence-electron chi connectivity index (χ3n) is 5.61. The summed E-state index contributed by atoms with van der Waals surface area (Å²) in [7, 11) is 0. The molecule has 2 aromatic rings. The van der Waals surface area contributed by atoms with Gasteiger partial charge in [-0.2, -0.15) is 0 Å². The van der Waals surface area contributed by atoms with Crippen LogP contribution in [-0.2, 0) is 20.7 Å². The lowest BCUT2D eigenvalue weighted by Crippen LogP contribution is -2.55. The van der Waals surface area contributed by atoms with Gasteiger partial charge in [0.05, 0.1) is 13.2 Å². The number of thioether (sulfide) groups is 1. The van der Waals surface area contributed by atoms with Gasteiger partial charge in [-0.25, -0.2) is 4.79 Å². The predicted molar refractivity (Wildman–Crippen MR) is 122 cm³/mol. The van der Waals surface area contributed by atoms with E-state index in [0.717, 1.165) is 10.5 Å². The first kappa shape index (κ1) is 22.4. The Morgan fingerprint density at radius 1 is 1.00 bits per heavy atom. The second-order valence-corrected chi connectivity index (χ2v) is 8.98. The highest BCUT2D eigenvalue weighted by Crippen LogP contribution is 2.31. The fraction of sp³-hybridized carbons (Fsp3) is 0.375. The number of hydrogen-bond donors (Lipinski definition) is 1. The minimum atomic E-state index is -0.752. The van der Waals surface area contributed by atoms with E-state index in [1.807, 2.05) is 60.7 Å². The van der Waals surface area contributed by atoms with E-state index in [2.05, 4.69) is 5.32 Å². The molecule has 1 N–H and O–H groups in total. The number of urea groups is 1. The number of rotatable bonds is 6. The minimum absolute atomic E-state index is 0.0326. The third-order valence-corrected chi connectivity index (χ3v) is 6.89. The van der Waals surface area contributed by atoms with E-state index >= 15 is 0 Å². The number of nitrogens with one attached hydrogen (secondary N) is 1. The number of amides is 3. The zero-order valence-electron chi connectivity index (χ0n) is 17.8. The summed E-state index contributed by atoms with van der Waals surface area (Å²) in [5, 5.41) is 2.35. The van der Waals surface area contributed by atoms with E-state index in [0.29, 0.717) is 45.7 Å². The highest BCUT2D eigenvalue weighted by molar-refractivity contribution is 8.00. The van der Waals surface area contributed by atoms with Crippen molar-refractivity contribution in [3.05, 3.63) is 66.2 Å². The van der Waals surface area contributed by atoms with Crippen molar-refractivity contribution in [3.63, 3.8) is 0 Å². The average molecular weight is 454 g/mol. The van der Waals surface area contributed by atoms with Crippen LogP contribution >= 0.6 is 11.8 Å². The van der Waals surface area contributed by atoms with Gasteiger partial charge in [0.1, 0.15) is 11.4 Å². The standard InChI is InChI=1S/C24H27N3O4S/c28-21-11-12-27(23(21)32-19-9-5-2-6-10-19)22(29)20(17-18-7-3-1-4-8-18)25-24(30)26-13-15-31-16-14-26/h1-10,20,23H,11-17H2,(H,25,30)/t20-,23?/m0/s1. The maximum atomic E-state index is 13.6. The summed E-state index contributed by atoms with van der Waals surface area (Å²) in [6.07, 6.45) is 0.689. The van der Waals surface area contributed by atoms with Crippen molar-refractivity contribution in [1.82, 2.24) is 15.1 Å². The van der Waals surface area contributed by atoms with Gasteiger partial charge >= 0.3 is 6.03 Å². The van der Waals surface area contributed by atoms with E-state index in [1.54, 1.807) is 9.80 Å². The van der Waals surface area contributed by atoms with Gasteiger partial charge in [0.25, 0.3) is 0 Å². The summed E-state index contributed by atoms with van der Waals surface area (Å²) < 4.78 is 5.32. The summed E-state index contributed by atoms with van der Waals surface area (Å²) in [6, 6.07) is 18.2. The van der Waals surface area contributed by atoms with Crippen molar-refractivity contribution in [2.24, 2.45) is 0 Å². The highest BCUT2D eigenvalue weighted by atomic mass is 32.2. The maximum Gasteiger partial charge on any atom is 0.318 e.